The number of nitrogens with one attached hydrogen (secondary N) is 1. The Morgan fingerprint density at radius 3 is 2.70 bits per heavy atom. The van der Waals surface area contributed by atoms with Crippen LogP contribution < -0.4 is 5.32 Å². The molecule has 1 unspecified atom stereocenters. The van der Waals surface area contributed by atoms with Crippen LogP contribution in [0.2, 0.25) is 0 Å². The maximum Gasteiger partial charge on any atom is 0.282 e. The monoisotopic (exact) mass is 301 g/mol. The van der Waals surface area contributed by atoms with Gasteiger partial charge in [-0.15, -0.1) is 0 Å². The van der Waals surface area contributed by atoms with Crippen molar-refractivity contribution in [1.29, 1.82) is 0 Å². The Morgan fingerprint density at radius 2 is 2.15 bits per heavy atom. The largest absolute Gasteiger partial charge is 0.337 e. The predicted molar refractivity (Wildman–Crippen MR) is 77.4 cm³/mol. The van der Waals surface area contributed by atoms with E-state index >= 15 is 0 Å². The van der Waals surface area contributed by atoms with Crippen molar-refractivity contribution < 1.29 is 8.42 Å². The molecule has 1 atom stereocenters. The summed E-state index contributed by atoms with van der Waals surface area (Å²) in [5, 5.41) is 3.25. The number of piperazine rings is 1. The smallest absolute Gasteiger partial charge is 0.282 e. The fourth-order valence-electron chi connectivity index (χ4n) is 2.58. The minimum Gasteiger partial charge on any atom is -0.337 e. The highest BCUT2D eigenvalue weighted by atomic mass is 32.2. The number of hydrogen-bond donors (Lipinski definition) is 1. The maximum atomic E-state index is 12.8. The van der Waals surface area contributed by atoms with Crippen LogP contribution in [-0.4, -0.2) is 59.3 Å². The molecular formula is C12H23N5O2S. The molecule has 20 heavy (non-hydrogen) atoms. The maximum absolute atomic E-state index is 12.8. The number of rotatable bonds is 5. The highest BCUT2D eigenvalue weighted by Gasteiger charge is 2.37. The van der Waals surface area contributed by atoms with Crippen LogP contribution >= 0.6 is 0 Å². The summed E-state index contributed by atoms with van der Waals surface area (Å²) >= 11 is 0. The van der Waals surface area contributed by atoms with Crippen LogP contribution in [0.15, 0.2) is 12.4 Å². The molecule has 1 aliphatic heterocycles. The quantitative estimate of drug-likeness (QED) is 0.828. The zero-order valence-corrected chi connectivity index (χ0v) is 13.1. The highest BCUT2D eigenvalue weighted by Crippen LogP contribution is 2.25. The molecule has 1 fully saturated rings. The van der Waals surface area contributed by atoms with Crippen LogP contribution in [0.5, 0.6) is 0 Å². The van der Waals surface area contributed by atoms with Crippen molar-refractivity contribution >= 4 is 10.2 Å². The molecule has 0 aromatic carbocycles. The number of hydrogen-bond acceptors (Lipinski definition) is 4. The zero-order valence-electron chi connectivity index (χ0n) is 12.3. The van der Waals surface area contributed by atoms with Crippen molar-refractivity contribution in [1.82, 2.24) is 23.5 Å². The predicted octanol–water partition coefficient (Wildman–Crippen LogP) is -0.0470. The van der Waals surface area contributed by atoms with Crippen molar-refractivity contribution in [3.8, 4) is 0 Å². The minimum atomic E-state index is -3.44. The van der Waals surface area contributed by atoms with Crippen molar-refractivity contribution in [3.05, 3.63) is 18.2 Å². The lowest BCUT2D eigenvalue weighted by Crippen LogP contribution is -2.53. The van der Waals surface area contributed by atoms with Gasteiger partial charge < -0.3 is 9.88 Å². The summed E-state index contributed by atoms with van der Waals surface area (Å²) in [6, 6.07) is -0.255. The van der Waals surface area contributed by atoms with E-state index in [4.69, 9.17) is 0 Å². The van der Waals surface area contributed by atoms with Gasteiger partial charge in [-0.2, -0.15) is 17.0 Å². The summed E-state index contributed by atoms with van der Waals surface area (Å²) in [4.78, 5) is 4.31. The Morgan fingerprint density at radius 1 is 1.45 bits per heavy atom. The lowest BCUT2D eigenvalue weighted by molar-refractivity contribution is 0.238. The molecule has 2 rings (SSSR count). The molecule has 0 saturated carbocycles. The van der Waals surface area contributed by atoms with Gasteiger partial charge in [0.15, 0.2) is 0 Å². The lowest BCUT2D eigenvalue weighted by Gasteiger charge is -2.37. The van der Waals surface area contributed by atoms with Crippen LogP contribution in [0.25, 0.3) is 0 Å². The van der Waals surface area contributed by atoms with E-state index in [0.717, 1.165) is 5.82 Å². The first-order chi connectivity index (χ1) is 9.52. The van der Waals surface area contributed by atoms with Gasteiger partial charge in [-0.25, -0.2) is 4.98 Å². The second-order valence-electron chi connectivity index (χ2n) is 4.82. The van der Waals surface area contributed by atoms with Crippen molar-refractivity contribution in [2.45, 2.75) is 19.9 Å². The molecule has 0 spiro atoms. The molecule has 114 valence electrons. The van der Waals surface area contributed by atoms with Gasteiger partial charge in [0.25, 0.3) is 10.2 Å². The molecule has 0 bridgehead atoms. The molecule has 1 aromatic rings. The summed E-state index contributed by atoms with van der Waals surface area (Å²) in [6.45, 7) is 6.41. The van der Waals surface area contributed by atoms with Crippen LogP contribution in [0, 0.1) is 0 Å². The number of imidazole rings is 1. The standard InChI is InChI=1S/C12H23N5O2S/c1-4-16(5-2)20(18,19)17-9-6-13-10-11(17)12-14-7-8-15(12)3/h7-8,11,13H,4-6,9-10H2,1-3H3. The van der Waals surface area contributed by atoms with Gasteiger partial charge in [-0.05, 0) is 0 Å². The summed E-state index contributed by atoms with van der Waals surface area (Å²) in [6.07, 6.45) is 3.54. The average Bonchev–Trinajstić information content (AvgIpc) is 2.86. The third-order valence-electron chi connectivity index (χ3n) is 3.68. The van der Waals surface area contributed by atoms with Gasteiger partial charge in [-0.3, -0.25) is 0 Å². The van der Waals surface area contributed by atoms with Crippen LogP contribution in [0.1, 0.15) is 25.7 Å². The minimum absolute atomic E-state index is 0.255. The van der Waals surface area contributed by atoms with Crippen LogP contribution in [0.3, 0.4) is 0 Å². The normalized spacial score (nSPS) is 21.5. The first-order valence-corrected chi connectivity index (χ1v) is 8.36. The number of aromatic nitrogens is 2. The van der Waals surface area contributed by atoms with Gasteiger partial charge in [0.05, 0.1) is 6.04 Å². The third kappa shape index (κ3) is 2.73. The first kappa shape index (κ1) is 15.4. The van der Waals surface area contributed by atoms with E-state index in [1.807, 2.05) is 31.7 Å². The fourth-order valence-corrected chi connectivity index (χ4v) is 4.34. The third-order valence-corrected chi connectivity index (χ3v) is 5.88. The summed E-state index contributed by atoms with van der Waals surface area (Å²) in [5.41, 5.74) is 0. The summed E-state index contributed by atoms with van der Waals surface area (Å²) in [7, 11) is -1.55. The van der Waals surface area contributed by atoms with Gasteiger partial charge in [0.1, 0.15) is 5.82 Å². The summed E-state index contributed by atoms with van der Waals surface area (Å²) < 4.78 is 30.4. The Balaban J connectivity index is 2.34. The Bertz CT molecular complexity index is 538. The second kappa shape index (κ2) is 6.21. The second-order valence-corrected chi connectivity index (χ2v) is 6.70. The SMILES string of the molecule is CCN(CC)S(=O)(=O)N1CCNCC1c1nccn1C. The van der Waals surface area contributed by atoms with E-state index in [1.165, 1.54) is 4.31 Å². The Labute approximate surface area is 120 Å². The molecule has 1 saturated heterocycles. The topological polar surface area (TPSA) is 70.5 Å². The van der Waals surface area contributed by atoms with Crippen molar-refractivity contribution in [2.24, 2.45) is 7.05 Å². The van der Waals surface area contributed by atoms with E-state index in [1.54, 1.807) is 10.5 Å². The molecule has 0 aliphatic carbocycles. The van der Waals surface area contributed by atoms with E-state index in [0.29, 0.717) is 32.7 Å². The van der Waals surface area contributed by atoms with Gasteiger partial charge >= 0.3 is 0 Å². The first-order valence-electron chi connectivity index (χ1n) is 6.97. The van der Waals surface area contributed by atoms with Gasteiger partial charge in [0, 0.05) is 52.2 Å². The fraction of sp³-hybridized carbons (Fsp3) is 0.750. The average molecular weight is 301 g/mol. The molecule has 1 aliphatic rings. The Hall–Kier alpha value is -0.960. The molecule has 1 N–H and O–H groups in total. The number of nitrogens with zero attached hydrogens (tertiary/aromatic N) is 4. The Kier molecular flexibility index (Phi) is 4.79. The number of aryl methyl sites for hydroxylation is 1. The van der Waals surface area contributed by atoms with Crippen LogP contribution in [-0.2, 0) is 17.3 Å². The summed E-state index contributed by atoms with van der Waals surface area (Å²) in [5.74, 6) is 0.771. The molecule has 8 heteroatoms. The highest BCUT2D eigenvalue weighted by molar-refractivity contribution is 7.86. The van der Waals surface area contributed by atoms with E-state index in [-0.39, 0.29) is 6.04 Å². The molecule has 2 heterocycles. The molecule has 0 amide bonds. The van der Waals surface area contributed by atoms with Gasteiger partial charge in [0.2, 0.25) is 0 Å². The van der Waals surface area contributed by atoms with E-state index in [9.17, 15) is 8.42 Å². The van der Waals surface area contributed by atoms with Gasteiger partial charge in [-0.1, -0.05) is 13.8 Å². The molecular weight excluding hydrogens is 278 g/mol. The van der Waals surface area contributed by atoms with Crippen LogP contribution in [0.4, 0.5) is 0 Å². The lowest BCUT2D eigenvalue weighted by atomic mass is 10.2. The molecule has 7 nitrogen and oxygen atoms in total. The zero-order chi connectivity index (χ0) is 14.8. The van der Waals surface area contributed by atoms with Crippen molar-refractivity contribution in [3.63, 3.8) is 0 Å². The van der Waals surface area contributed by atoms with E-state index < -0.39 is 10.2 Å². The van der Waals surface area contributed by atoms with Crippen molar-refractivity contribution in [2.75, 3.05) is 32.7 Å². The molecule has 1 aromatic heterocycles. The van der Waals surface area contributed by atoms with E-state index in [2.05, 4.69) is 10.3 Å². The molecule has 0 radical (unpaired) electrons.